The van der Waals surface area contributed by atoms with Crippen LogP contribution in [0.4, 0.5) is 0 Å². The molecule has 11 nitrogen and oxygen atoms in total. The summed E-state index contributed by atoms with van der Waals surface area (Å²) in [7, 11) is -4.71. The Morgan fingerprint density at radius 2 is 0.926 bits per heavy atom. The highest BCUT2D eigenvalue weighted by Crippen LogP contribution is 2.43. The van der Waals surface area contributed by atoms with Crippen LogP contribution in [0, 0.1) is 0 Å². The SMILES string of the molecule is CCCCCCCC/C=C/CCCCCC(=O)OC[C@H](COP(=O)(O)OC[C@H](N)C(=O)O)OC(=O)CCCCCCCCCCCCCCCCCCC. The minimum atomic E-state index is -4.71. The molecule has 0 aliphatic carbocycles. The van der Waals surface area contributed by atoms with Gasteiger partial charge >= 0.3 is 25.7 Å². The number of carbonyl (C=O) groups is 3. The van der Waals surface area contributed by atoms with Crippen molar-refractivity contribution in [3.63, 3.8) is 0 Å². The fraction of sp³-hybridized carbons (Fsp3) is 0.881. The topological polar surface area (TPSA) is 172 Å². The Morgan fingerprint density at radius 1 is 0.556 bits per heavy atom. The molecule has 3 atom stereocenters. The molecule has 318 valence electrons. The number of rotatable bonds is 41. The van der Waals surface area contributed by atoms with Crippen LogP contribution in [0.25, 0.3) is 0 Å². The first kappa shape index (κ1) is 52.2. The second kappa shape index (κ2) is 38.1. The third-order valence-corrected chi connectivity index (χ3v) is 10.5. The highest BCUT2D eigenvalue weighted by Gasteiger charge is 2.28. The number of unbranched alkanes of at least 4 members (excludes halogenated alkanes) is 25. The molecule has 0 spiro atoms. The molecule has 0 aliphatic heterocycles. The molecule has 0 saturated carbocycles. The molecule has 1 unspecified atom stereocenters. The number of phosphoric ester groups is 1. The standard InChI is InChI=1S/C42H80NO10P/c1-3-5-7-9-11-13-15-17-18-19-20-22-24-26-28-30-32-34-41(45)53-38(36-51-54(48,49)52-37-39(43)42(46)47)35-50-40(44)33-31-29-27-25-23-21-16-14-12-10-8-6-4-2/h21,23,38-39H,3-20,22,24-37,43H2,1-2H3,(H,46,47)(H,48,49)/b23-21+/t38-,39+/m1/s1. The van der Waals surface area contributed by atoms with E-state index < -0.39 is 51.1 Å². The van der Waals surface area contributed by atoms with Gasteiger partial charge in [0.15, 0.2) is 6.10 Å². The second-order valence-electron chi connectivity index (χ2n) is 14.8. The highest BCUT2D eigenvalue weighted by molar-refractivity contribution is 7.47. The molecule has 0 aliphatic rings. The zero-order valence-corrected chi connectivity index (χ0v) is 35.2. The minimum absolute atomic E-state index is 0.164. The van der Waals surface area contributed by atoms with E-state index in [2.05, 4.69) is 30.5 Å². The minimum Gasteiger partial charge on any atom is -0.480 e. The first-order valence-corrected chi connectivity index (χ1v) is 23.2. The molecule has 12 heteroatoms. The maximum Gasteiger partial charge on any atom is 0.472 e. The van der Waals surface area contributed by atoms with Crippen LogP contribution in [0.1, 0.15) is 206 Å². The molecule has 0 aromatic carbocycles. The smallest absolute Gasteiger partial charge is 0.472 e. The summed E-state index contributed by atoms with van der Waals surface area (Å²) < 4.78 is 32.7. The Labute approximate surface area is 328 Å². The van der Waals surface area contributed by atoms with E-state index in [1.807, 2.05) is 0 Å². The lowest BCUT2D eigenvalue weighted by Crippen LogP contribution is -2.34. The van der Waals surface area contributed by atoms with Gasteiger partial charge in [0.25, 0.3) is 0 Å². The van der Waals surface area contributed by atoms with Gasteiger partial charge in [-0.2, -0.15) is 0 Å². The summed E-state index contributed by atoms with van der Waals surface area (Å²) in [5, 5.41) is 8.88. The van der Waals surface area contributed by atoms with E-state index in [9.17, 15) is 23.8 Å². The van der Waals surface area contributed by atoms with E-state index in [-0.39, 0.29) is 19.4 Å². The molecule has 0 aromatic rings. The molecule has 0 radical (unpaired) electrons. The van der Waals surface area contributed by atoms with Crippen molar-refractivity contribution < 1.29 is 47.5 Å². The molecule has 0 rings (SSSR count). The number of hydrogen-bond acceptors (Lipinski definition) is 9. The molecule has 0 fully saturated rings. The third-order valence-electron chi connectivity index (χ3n) is 9.51. The summed E-state index contributed by atoms with van der Waals surface area (Å²) in [6.45, 7) is 2.80. The molecular formula is C42H80NO10P. The van der Waals surface area contributed by atoms with Gasteiger partial charge in [0.2, 0.25) is 0 Å². The van der Waals surface area contributed by atoms with Crippen molar-refractivity contribution in [1.29, 1.82) is 0 Å². The van der Waals surface area contributed by atoms with Crippen LogP contribution < -0.4 is 5.73 Å². The summed E-state index contributed by atoms with van der Waals surface area (Å²) in [6.07, 6.45) is 37.0. The van der Waals surface area contributed by atoms with Gasteiger partial charge in [-0.15, -0.1) is 0 Å². The molecule has 0 bridgehead atoms. The maximum absolute atomic E-state index is 12.6. The van der Waals surface area contributed by atoms with Crippen molar-refractivity contribution >= 4 is 25.7 Å². The lowest BCUT2D eigenvalue weighted by molar-refractivity contribution is -0.161. The zero-order chi connectivity index (χ0) is 40.0. The van der Waals surface area contributed by atoms with Gasteiger partial charge in [0.1, 0.15) is 12.6 Å². The summed E-state index contributed by atoms with van der Waals surface area (Å²) in [6, 6.07) is -1.52. The highest BCUT2D eigenvalue weighted by atomic mass is 31.2. The van der Waals surface area contributed by atoms with E-state index >= 15 is 0 Å². The number of carboxylic acid groups (broad SMARTS) is 1. The van der Waals surface area contributed by atoms with Crippen molar-refractivity contribution in [2.24, 2.45) is 5.73 Å². The van der Waals surface area contributed by atoms with Gasteiger partial charge < -0.3 is 25.2 Å². The summed E-state index contributed by atoms with van der Waals surface area (Å²) in [4.78, 5) is 45.9. The van der Waals surface area contributed by atoms with Crippen molar-refractivity contribution in [2.75, 3.05) is 19.8 Å². The Balaban J connectivity index is 4.34. The van der Waals surface area contributed by atoms with E-state index in [0.717, 1.165) is 44.9 Å². The second-order valence-corrected chi connectivity index (χ2v) is 16.3. The summed E-state index contributed by atoms with van der Waals surface area (Å²) in [5.41, 5.74) is 5.33. The number of allylic oxidation sites excluding steroid dienone is 2. The van der Waals surface area contributed by atoms with Crippen molar-refractivity contribution in [3.05, 3.63) is 12.2 Å². The van der Waals surface area contributed by atoms with Crippen LogP contribution in [-0.4, -0.2) is 59.9 Å². The summed E-state index contributed by atoms with van der Waals surface area (Å²) in [5.74, 6) is -2.39. The quantitative estimate of drug-likeness (QED) is 0.0233. The van der Waals surface area contributed by atoms with E-state index in [0.29, 0.717) is 12.8 Å². The van der Waals surface area contributed by atoms with Crippen LogP contribution in [0.2, 0.25) is 0 Å². The number of carbonyl (C=O) groups excluding carboxylic acids is 2. The van der Waals surface area contributed by atoms with Crippen molar-refractivity contribution in [3.8, 4) is 0 Å². The Morgan fingerprint density at radius 3 is 1.37 bits per heavy atom. The number of esters is 2. The fourth-order valence-corrected chi connectivity index (χ4v) is 6.84. The Hall–Kier alpha value is -1.78. The van der Waals surface area contributed by atoms with Crippen LogP contribution in [-0.2, 0) is 37.5 Å². The largest absolute Gasteiger partial charge is 0.480 e. The normalized spacial score (nSPS) is 13.9. The monoisotopic (exact) mass is 790 g/mol. The van der Waals surface area contributed by atoms with Gasteiger partial charge in [-0.1, -0.05) is 167 Å². The van der Waals surface area contributed by atoms with Gasteiger partial charge in [0, 0.05) is 12.8 Å². The maximum atomic E-state index is 12.6. The molecular weight excluding hydrogens is 709 g/mol. The van der Waals surface area contributed by atoms with Crippen LogP contribution >= 0.6 is 7.82 Å². The van der Waals surface area contributed by atoms with Crippen LogP contribution in [0.3, 0.4) is 0 Å². The first-order valence-electron chi connectivity index (χ1n) is 21.7. The Kier molecular flexibility index (Phi) is 36.9. The van der Waals surface area contributed by atoms with Crippen molar-refractivity contribution in [1.82, 2.24) is 0 Å². The zero-order valence-electron chi connectivity index (χ0n) is 34.3. The number of hydrogen-bond donors (Lipinski definition) is 3. The molecule has 0 aromatic heterocycles. The lowest BCUT2D eigenvalue weighted by atomic mass is 10.0. The first-order chi connectivity index (χ1) is 26.1. The molecule has 0 saturated heterocycles. The van der Waals surface area contributed by atoms with Crippen LogP contribution in [0.5, 0.6) is 0 Å². The number of nitrogens with two attached hydrogens (primary N) is 1. The fourth-order valence-electron chi connectivity index (χ4n) is 6.06. The molecule has 0 heterocycles. The number of ether oxygens (including phenoxy) is 2. The van der Waals surface area contributed by atoms with Gasteiger partial charge in [-0.05, 0) is 38.5 Å². The predicted octanol–water partition coefficient (Wildman–Crippen LogP) is 11.3. The van der Waals surface area contributed by atoms with E-state index in [4.69, 9.17) is 24.8 Å². The van der Waals surface area contributed by atoms with Crippen LogP contribution in [0.15, 0.2) is 12.2 Å². The van der Waals surface area contributed by atoms with E-state index in [1.54, 1.807) is 0 Å². The Bertz CT molecular complexity index is 979. The molecule has 0 amide bonds. The van der Waals surface area contributed by atoms with Gasteiger partial charge in [-0.25, -0.2) is 4.57 Å². The van der Waals surface area contributed by atoms with Gasteiger partial charge in [0.05, 0.1) is 13.2 Å². The molecule has 54 heavy (non-hydrogen) atoms. The molecule has 4 N–H and O–H groups in total. The average Bonchev–Trinajstić information content (AvgIpc) is 3.14. The van der Waals surface area contributed by atoms with Gasteiger partial charge in [-0.3, -0.25) is 23.4 Å². The van der Waals surface area contributed by atoms with E-state index in [1.165, 1.54) is 122 Å². The van der Waals surface area contributed by atoms with Crippen molar-refractivity contribution in [2.45, 2.75) is 219 Å². The number of aliphatic carboxylic acids is 1. The average molecular weight is 790 g/mol. The predicted molar refractivity (Wildman–Crippen MR) is 217 cm³/mol. The summed E-state index contributed by atoms with van der Waals surface area (Å²) >= 11 is 0. The number of carboxylic acids is 1. The lowest BCUT2D eigenvalue weighted by Gasteiger charge is -2.20. The third kappa shape index (κ3) is 37.2. The number of phosphoric acid groups is 1.